The molecule has 1 aliphatic heterocycles. The highest BCUT2D eigenvalue weighted by Crippen LogP contribution is 1.92. The van der Waals surface area contributed by atoms with Gasteiger partial charge in [0, 0.05) is 5.57 Å². The highest BCUT2D eigenvalue weighted by molar-refractivity contribution is 5.86. The number of carbonyl (C=O) groups excluding carboxylic acids is 2. The SMILES string of the molecule is C=C(C)C(=O)OC.C=CC.O=C1OCCO1. The minimum atomic E-state index is -0.546. The molecule has 0 N–H and O–H groups in total. The molecule has 0 aromatic carbocycles. The molecule has 1 rings (SSSR count). The second-order valence-corrected chi connectivity index (χ2v) is 2.63. The Kier molecular flexibility index (Phi) is 11.7. The predicted octanol–water partition coefficient (Wildman–Crippen LogP) is 2.08. The number of methoxy groups -OCH3 is 1. The van der Waals surface area contributed by atoms with E-state index in [1.165, 1.54) is 7.11 Å². The van der Waals surface area contributed by atoms with Crippen molar-refractivity contribution < 1.29 is 23.8 Å². The number of hydrogen-bond acceptors (Lipinski definition) is 5. The molecule has 0 amide bonds. The van der Waals surface area contributed by atoms with Gasteiger partial charge in [0.05, 0.1) is 7.11 Å². The minimum Gasteiger partial charge on any atom is -0.466 e. The summed E-state index contributed by atoms with van der Waals surface area (Å²) < 4.78 is 12.9. The van der Waals surface area contributed by atoms with Crippen LogP contribution in [-0.2, 0) is 19.0 Å². The Bertz CT molecular complexity index is 237. The molecule has 0 aliphatic carbocycles. The standard InChI is InChI=1S/C5H8O2.C3H4O3.C3H6/c1-4(2)5(6)7-3;4-3-5-1-2-6-3;1-3-2/h1H2,2-3H3;1-2H2;3H,1H2,2H3. The lowest BCUT2D eigenvalue weighted by Crippen LogP contribution is -1.98. The predicted molar refractivity (Wildman–Crippen MR) is 60.0 cm³/mol. The number of carbonyl (C=O) groups is 2. The van der Waals surface area contributed by atoms with Gasteiger partial charge >= 0.3 is 12.1 Å². The second kappa shape index (κ2) is 11.3. The lowest BCUT2D eigenvalue weighted by Gasteiger charge is -1.91. The van der Waals surface area contributed by atoms with Crippen LogP contribution < -0.4 is 0 Å². The average molecular weight is 230 g/mol. The van der Waals surface area contributed by atoms with Crippen molar-refractivity contribution in [2.24, 2.45) is 0 Å². The van der Waals surface area contributed by atoms with Crippen LogP contribution in [0.1, 0.15) is 13.8 Å². The third-order valence-corrected chi connectivity index (χ3v) is 1.06. The number of esters is 1. The summed E-state index contributed by atoms with van der Waals surface area (Å²) in [6.07, 6.45) is 1.20. The van der Waals surface area contributed by atoms with E-state index >= 15 is 0 Å². The van der Waals surface area contributed by atoms with Crippen molar-refractivity contribution in [3.63, 3.8) is 0 Å². The molecule has 1 aliphatic rings. The van der Waals surface area contributed by atoms with Gasteiger partial charge in [-0.2, -0.15) is 0 Å². The van der Waals surface area contributed by atoms with Gasteiger partial charge in [0.1, 0.15) is 13.2 Å². The van der Waals surface area contributed by atoms with Gasteiger partial charge in [-0.3, -0.25) is 0 Å². The maximum atomic E-state index is 10.2. The van der Waals surface area contributed by atoms with Crippen molar-refractivity contribution in [1.82, 2.24) is 0 Å². The molecule has 5 heteroatoms. The number of rotatable bonds is 1. The highest BCUT2D eigenvalue weighted by atomic mass is 16.8. The van der Waals surface area contributed by atoms with Crippen LogP contribution in [-0.4, -0.2) is 32.4 Å². The summed E-state index contributed by atoms with van der Waals surface area (Å²) in [4.78, 5) is 20.0. The van der Waals surface area contributed by atoms with E-state index in [0.717, 1.165) is 0 Å². The van der Waals surface area contributed by atoms with Gasteiger partial charge in [-0.25, -0.2) is 9.59 Å². The molecule has 92 valence electrons. The molecule has 16 heavy (non-hydrogen) atoms. The summed E-state index contributed by atoms with van der Waals surface area (Å²) in [7, 11) is 1.33. The van der Waals surface area contributed by atoms with Crippen molar-refractivity contribution >= 4 is 12.1 Å². The quantitative estimate of drug-likeness (QED) is 0.392. The fraction of sp³-hybridized carbons (Fsp3) is 0.455. The van der Waals surface area contributed by atoms with Gasteiger partial charge in [0.15, 0.2) is 0 Å². The number of allylic oxidation sites excluding steroid dienone is 1. The number of cyclic esters (lactones) is 2. The first kappa shape index (κ1) is 16.6. The maximum Gasteiger partial charge on any atom is 0.508 e. The van der Waals surface area contributed by atoms with Gasteiger partial charge in [-0.05, 0) is 13.8 Å². The van der Waals surface area contributed by atoms with Crippen molar-refractivity contribution in [3.05, 3.63) is 24.8 Å². The Morgan fingerprint density at radius 2 is 1.81 bits per heavy atom. The summed E-state index contributed by atoms with van der Waals surface area (Å²) in [5, 5.41) is 0. The molecule has 0 aromatic heterocycles. The number of hydrogen-bond donors (Lipinski definition) is 0. The molecule has 1 fully saturated rings. The average Bonchev–Trinajstić information content (AvgIpc) is 2.70. The lowest BCUT2D eigenvalue weighted by atomic mass is 10.4. The van der Waals surface area contributed by atoms with Crippen LogP contribution in [0.5, 0.6) is 0 Å². The lowest BCUT2D eigenvalue weighted by molar-refractivity contribution is -0.136. The van der Waals surface area contributed by atoms with E-state index in [4.69, 9.17) is 0 Å². The normalized spacial score (nSPS) is 11.6. The third-order valence-electron chi connectivity index (χ3n) is 1.06. The number of ether oxygens (including phenoxy) is 3. The summed E-state index contributed by atoms with van der Waals surface area (Å²) in [5.74, 6) is -0.347. The first-order valence-corrected chi connectivity index (χ1v) is 4.60. The fourth-order valence-corrected chi connectivity index (χ4v) is 0.466. The summed E-state index contributed by atoms with van der Waals surface area (Å²) >= 11 is 0. The van der Waals surface area contributed by atoms with Crippen molar-refractivity contribution in [2.75, 3.05) is 20.3 Å². The molecule has 0 radical (unpaired) electrons. The highest BCUT2D eigenvalue weighted by Gasteiger charge is 2.09. The Labute approximate surface area is 95.7 Å². The molecule has 0 aromatic rings. The molecule has 1 saturated heterocycles. The molecule has 0 bridgehead atoms. The summed E-state index contributed by atoms with van der Waals surface area (Å²) in [5.41, 5.74) is 0.433. The Morgan fingerprint density at radius 3 is 1.88 bits per heavy atom. The fourth-order valence-electron chi connectivity index (χ4n) is 0.466. The van der Waals surface area contributed by atoms with E-state index in [2.05, 4.69) is 27.4 Å². The summed E-state index contributed by atoms with van der Waals surface area (Å²) in [6.45, 7) is 11.0. The smallest absolute Gasteiger partial charge is 0.466 e. The molecule has 5 nitrogen and oxygen atoms in total. The topological polar surface area (TPSA) is 61.8 Å². The summed E-state index contributed by atoms with van der Waals surface area (Å²) in [6, 6.07) is 0. The van der Waals surface area contributed by atoms with Crippen LogP contribution >= 0.6 is 0 Å². The van der Waals surface area contributed by atoms with E-state index in [-0.39, 0.29) is 5.97 Å². The van der Waals surface area contributed by atoms with Gasteiger partial charge in [0.2, 0.25) is 0 Å². The Morgan fingerprint density at radius 1 is 1.44 bits per heavy atom. The zero-order valence-electron chi connectivity index (χ0n) is 9.95. The van der Waals surface area contributed by atoms with E-state index in [0.29, 0.717) is 18.8 Å². The van der Waals surface area contributed by atoms with Gasteiger partial charge in [0.25, 0.3) is 0 Å². The van der Waals surface area contributed by atoms with Crippen LogP contribution in [0, 0.1) is 0 Å². The molecule has 0 unspecified atom stereocenters. The molecular formula is C11H18O5. The molecule has 0 saturated carbocycles. The molecule has 0 spiro atoms. The minimum absolute atomic E-state index is 0.347. The zero-order valence-corrected chi connectivity index (χ0v) is 9.95. The largest absolute Gasteiger partial charge is 0.508 e. The van der Waals surface area contributed by atoms with Gasteiger partial charge in [-0.1, -0.05) is 12.7 Å². The van der Waals surface area contributed by atoms with Crippen LogP contribution in [0.3, 0.4) is 0 Å². The zero-order chi connectivity index (χ0) is 13.0. The first-order chi connectivity index (χ1) is 7.49. The monoisotopic (exact) mass is 230 g/mol. The van der Waals surface area contributed by atoms with Crippen LogP contribution in [0.15, 0.2) is 24.8 Å². The van der Waals surface area contributed by atoms with E-state index in [1.807, 2.05) is 6.92 Å². The molecule has 1 heterocycles. The van der Waals surface area contributed by atoms with E-state index in [9.17, 15) is 9.59 Å². The third kappa shape index (κ3) is 12.2. The van der Waals surface area contributed by atoms with Crippen LogP contribution in [0.2, 0.25) is 0 Å². The first-order valence-electron chi connectivity index (χ1n) is 4.60. The Hall–Kier alpha value is -1.78. The van der Waals surface area contributed by atoms with Crippen molar-refractivity contribution in [1.29, 1.82) is 0 Å². The van der Waals surface area contributed by atoms with E-state index in [1.54, 1.807) is 13.0 Å². The van der Waals surface area contributed by atoms with Gasteiger partial charge < -0.3 is 14.2 Å². The molecule has 0 atom stereocenters. The van der Waals surface area contributed by atoms with E-state index < -0.39 is 6.16 Å². The van der Waals surface area contributed by atoms with Crippen molar-refractivity contribution in [3.8, 4) is 0 Å². The molecular weight excluding hydrogens is 212 g/mol. The Balaban J connectivity index is 0. The van der Waals surface area contributed by atoms with Crippen LogP contribution in [0.25, 0.3) is 0 Å². The maximum absolute atomic E-state index is 10.2. The van der Waals surface area contributed by atoms with Crippen LogP contribution in [0.4, 0.5) is 4.79 Å². The second-order valence-electron chi connectivity index (χ2n) is 2.63. The van der Waals surface area contributed by atoms with Gasteiger partial charge in [-0.15, -0.1) is 6.58 Å². The van der Waals surface area contributed by atoms with Crippen molar-refractivity contribution in [2.45, 2.75) is 13.8 Å².